The van der Waals surface area contributed by atoms with Crippen molar-refractivity contribution >= 4 is 29.2 Å². The molecule has 0 atom stereocenters. The fraction of sp³-hybridized carbons (Fsp3) is 0.636. The minimum absolute atomic E-state index is 0.258. The van der Waals surface area contributed by atoms with Crippen LogP contribution < -0.4 is 5.32 Å². The van der Waals surface area contributed by atoms with Crippen LogP contribution in [0.4, 0.5) is 5.82 Å². The van der Waals surface area contributed by atoms with Crippen molar-refractivity contribution in [1.29, 1.82) is 0 Å². The second-order valence-corrected chi connectivity index (χ2v) is 5.35. The molecular formula is C11H18ClN3S. The number of rotatable bonds is 6. The molecule has 1 aromatic heterocycles. The van der Waals surface area contributed by atoms with Gasteiger partial charge in [0, 0.05) is 11.3 Å². The van der Waals surface area contributed by atoms with E-state index in [1.54, 1.807) is 6.20 Å². The summed E-state index contributed by atoms with van der Waals surface area (Å²) in [5, 5.41) is 3.88. The van der Waals surface area contributed by atoms with Crippen LogP contribution in [0.2, 0.25) is 5.02 Å². The zero-order valence-electron chi connectivity index (χ0n) is 9.96. The third-order valence-corrected chi connectivity index (χ3v) is 4.83. The van der Waals surface area contributed by atoms with Crippen LogP contribution in [-0.2, 0) is 0 Å². The molecule has 0 saturated carbocycles. The first-order valence-corrected chi connectivity index (χ1v) is 7.02. The molecule has 1 rings (SSSR count). The first-order chi connectivity index (χ1) is 7.67. The molecule has 0 amide bonds. The van der Waals surface area contributed by atoms with Gasteiger partial charge >= 0.3 is 0 Å². The maximum atomic E-state index is 5.99. The van der Waals surface area contributed by atoms with Crippen molar-refractivity contribution in [3.05, 3.63) is 17.5 Å². The predicted molar refractivity (Wildman–Crippen MR) is 72.4 cm³/mol. The third-order valence-electron chi connectivity index (χ3n) is 2.97. The Morgan fingerprint density at radius 3 is 2.62 bits per heavy atom. The average Bonchev–Trinajstić information content (AvgIpc) is 2.34. The summed E-state index contributed by atoms with van der Waals surface area (Å²) in [6, 6.07) is 0. The highest BCUT2D eigenvalue weighted by Gasteiger charge is 2.24. The Morgan fingerprint density at radius 2 is 2.12 bits per heavy atom. The maximum Gasteiger partial charge on any atom is 0.148 e. The average molecular weight is 260 g/mol. The minimum Gasteiger partial charge on any atom is -0.367 e. The van der Waals surface area contributed by atoms with Crippen LogP contribution in [0.5, 0.6) is 0 Å². The Balaban J connectivity index is 2.66. The van der Waals surface area contributed by atoms with Crippen molar-refractivity contribution in [2.75, 3.05) is 18.1 Å². The standard InChI is InChI=1S/C11H18ClN3S/c1-4-11(5-2,16-3)7-14-10-9(12)6-13-8-15-10/h6,8H,4-5,7H2,1-3H3,(H,13,14,15). The molecule has 16 heavy (non-hydrogen) atoms. The Labute approximate surface area is 106 Å². The van der Waals surface area contributed by atoms with Crippen LogP contribution in [0.1, 0.15) is 26.7 Å². The van der Waals surface area contributed by atoms with E-state index in [-0.39, 0.29) is 4.75 Å². The van der Waals surface area contributed by atoms with Gasteiger partial charge in [0.2, 0.25) is 0 Å². The number of hydrogen-bond acceptors (Lipinski definition) is 4. The van der Waals surface area contributed by atoms with Gasteiger partial charge in [-0.15, -0.1) is 0 Å². The van der Waals surface area contributed by atoms with Crippen molar-refractivity contribution < 1.29 is 0 Å². The third kappa shape index (κ3) is 3.25. The van der Waals surface area contributed by atoms with Gasteiger partial charge in [-0.25, -0.2) is 9.97 Å². The smallest absolute Gasteiger partial charge is 0.148 e. The summed E-state index contributed by atoms with van der Waals surface area (Å²) >= 11 is 7.88. The fourth-order valence-electron chi connectivity index (χ4n) is 1.55. The molecule has 5 heteroatoms. The van der Waals surface area contributed by atoms with E-state index in [9.17, 15) is 0 Å². The molecule has 1 aromatic rings. The van der Waals surface area contributed by atoms with Gasteiger partial charge < -0.3 is 5.32 Å². The molecule has 0 bridgehead atoms. The topological polar surface area (TPSA) is 37.8 Å². The Hall–Kier alpha value is -0.480. The van der Waals surface area contributed by atoms with E-state index in [0.717, 1.165) is 25.2 Å². The van der Waals surface area contributed by atoms with Crippen LogP contribution in [0.3, 0.4) is 0 Å². The lowest BCUT2D eigenvalue weighted by molar-refractivity contribution is 0.574. The van der Waals surface area contributed by atoms with E-state index in [4.69, 9.17) is 11.6 Å². The van der Waals surface area contributed by atoms with Crippen LogP contribution in [0, 0.1) is 0 Å². The second kappa shape index (κ2) is 6.30. The molecule has 0 saturated heterocycles. The Bertz CT molecular complexity index is 320. The lowest BCUT2D eigenvalue weighted by Crippen LogP contribution is -2.32. The lowest BCUT2D eigenvalue weighted by atomic mass is 10.0. The summed E-state index contributed by atoms with van der Waals surface area (Å²) in [4.78, 5) is 7.98. The van der Waals surface area contributed by atoms with Gasteiger partial charge in [-0.1, -0.05) is 25.4 Å². The first kappa shape index (κ1) is 13.6. The minimum atomic E-state index is 0.258. The van der Waals surface area contributed by atoms with E-state index in [2.05, 4.69) is 35.4 Å². The van der Waals surface area contributed by atoms with Crippen molar-refractivity contribution in [3.63, 3.8) is 0 Å². The van der Waals surface area contributed by atoms with Crippen molar-refractivity contribution in [2.24, 2.45) is 0 Å². The molecule has 0 spiro atoms. The molecule has 0 aliphatic carbocycles. The van der Waals surface area contributed by atoms with E-state index in [0.29, 0.717) is 5.02 Å². The molecule has 1 heterocycles. The number of hydrogen-bond donors (Lipinski definition) is 1. The highest BCUT2D eigenvalue weighted by atomic mass is 35.5. The van der Waals surface area contributed by atoms with Crippen molar-refractivity contribution in [2.45, 2.75) is 31.4 Å². The number of nitrogens with zero attached hydrogens (tertiary/aromatic N) is 2. The molecule has 0 unspecified atom stereocenters. The SMILES string of the molecule is CCC(CC)(CNc1ncncc1Cl)SC. The lowest BCUT2D eigenvalue weighted by Gasteiger charge is -2.30. The van der Waals surface area contributed by atoms with Crippen LogP contribution >= 0.6 is 23.4 Å². The van der Waals surface area contributed by atoms with Crippen molar-refractivity contribution in [1.82, 2.24) is 9.97 Å². The molecule has 0 fully saturated rings. The van der Waals surface area contributed by atoms with E-state index in [1.165, 1.54) is 6.33 Å². The normalized spacial score (nSPS) is 11.5. The number of halogens is 1. The molecular weight excluding hydrogens is 242 g/mol. The van der Waals surface area contributed by atoms with Crippen LogP contribution in [0.25, 0.3) is 0 Å². The van der Waals surface area contributed by atoms with Gasteiger partial charge in [0.05, 0.1) is 6.20 Å². The molecule has 0 radical (unpaired) electrons. The van der Waals surface area contributed by atoms with Gasteiger partial charge in [0.1, 0.15) is 17.2 Å². The monoisotopic (exact) mass is 259 g/mol. The molecule has 0 aromatic carbocycles. The first-order valence-electron chi connectivity index (χ1n) is 5.42. The number of thioether (sulfide) groups is 1. The number of aromatic nitrogens is 2. The highest BCUT2D eigenvalue weighted by molar-refractivity contribution is 8.00. The van der Waals surface area contributed by atoms with E-state index in [1.807, 2.05) is 11.8 Å². The van der Waals surface area contributed by atoms with Gasteiger partial charge in [-0.3, -0.25) is 0 Å². The summed E-state index contributed by atoms with van der Waals surface area (Å²) in [6.45, 7) is 5.30. The molecule has 1 N–H and O–H groups in total. The molecule has 0 aliphatic heterocycles. The Kier molecular flexibility index (Phi) is 5.35. The van der Waals surface area contributed by atoms with Crippen LogP contribution in [0.15, 0.2) is 12.5 Å². The van der Waals surface area contributed by atoms with Gasteiger partial charge in [-0.2, -0.15) is 11.8 Å². The Morgan fingerprint density at radius 1 is 1.44 bits per heavy atom. The van der Waals surface area contributed by atoms with E-state index >= 15 is 0 Å². The zero-order chi connectivity index (χ0) is 12.0. The van der Waals surface area contributed by atoms with Gasteiger partial charge in [-0.05, 0) is 19.1 Å². The van der Waals surface area contributed by atoms with E-state index < -0.39 is 0 Å². The quantitative estimate of drug-likeness (QED) is 0.849. The summed E-state index contributed by atoms with van der Waals surface area (Å²) in [6.07, 6.45) is 7.51. The molecule has 3 nitrogen and oxygen atoms in total. The fourth-order valence-corrected chi connectivity index (χ4v) is 2.51. The largest absolute Gasteiger partial charge is 0.367 e. The predicted octanol–water partition coefficient (Wildman–Crippen LogP) is 3.46. The second-order valence-electron chi connectivity index (χ2n) is 3.67. The summed E-state index contributed by atoms with van der Waals surface area (Å²) < 4.78 is 0.258. The number of anilines is 1. The molecule has 90 valence electrons. The highest BCUT2D eigenvalue weighted by Crippen LogP contribution is 2.31. The van der Waals surface area contributed by atoms with Gasteiger partial charge in [0.25, 0.3) is 0 Å². The van der Waals surface area contributed by atoms with Gasteiger partial charge in [0.15, 0.2) is 0 Å². The molecule has 0 aliphatic rings. The zero-order valence-corrected chi connectivity index (χ0v) is 11.5. The summed E-state index contributed by atoms with van der Waals surface area (Å²) in [7, 11) is 0. The maximum absolute atomic E-state index is 5.99. The summed E-state index contributed by atoms with van der Waals surface area (Å²) in [5.41, 5.74) is 0. The van der Waals surface area contributed by atoms with Crippen LogP contribution in [-0.4, -0.2) is 27.5 Å². The number of nitrogens with one attached hydrogen (secondary N) is 1. The van der Waals surface area contributed by atoms with Crippen molar-refractivity contribution in [3.8, 4) is 0 Å². The summed E-state index contributed by atoms with van der Waals surface area (Å²) in [5.74, 6) is 0.719.